The fourth-order valence-electron chi connectivity index (χ4n) is 3.09. The van der Waals surface area contributed by atoms with Gasteiger partial charge in [-0.25, -0.2) is 12.8 Å². The summed E-state index contributed by atoms with van der Waals surface area (Å²) in [6.45, 7) is 3.75. The van der Waals surface area contributed by atoms with Crippen molar-refractivity contribution in [3.63, 3.8) is 0 Å². The summed E-state index contributed by atoms with van der Waals surface area (Å²) in [5, 5.41) is 0. The number of piperazine rings is 1. The van der Waals surface area contributed by atoms with Crippen LogP contribution >= 0.6 is 0 Å². The normalized spacial score (nSPS) is 15.2. The van der Waals surface area contributed by atoms with Crippen LogP contribution in [0.2, 0.25) is 0 Å². The highest BCUT2D eigenvalue weighted by molar-refractivity contribution is 7.90. The fraction of sp³-hybridized carbons (Fsp3) is 0.316. The standard InChI is InChI=1S/C19H21FN2O3S/c1-14-7-8-15(26(2,24)25)13-16(14)19(23)22-11-9-21(10-12-22)18-6-4-3-5-17(18)20/h3-8,13H,9-12H2,1-2H3. The summed E-state index contributed by atoms with van der Waals surface area (Å²) in [6, 6.07) is 11.2. The van der Waals surface area contributed by atoms with Crippen molar-refractivity contribution in [2.45, 2.75) is 11.8 Å². The van der Waals surface area contributed by atoms with E-state index in [-0.39, 0.29) is 16.6 Å². The van der Waals surface area contributed by atoms with Crippen LogP contribution in [0.25, 0.3) is 0 Å². The lowest BCUT2D eigenvalue weighted by atomic mass is 10.1. The summed E-state index contributed by atoms with van der Waals surface area (Å²) in [5.41, 5.74) is 1.67. The second kappa shape index (κ2) is 7.07. The predicted octanol–water partition coefficient (Wildman–Crippen LogP) is 2.50. The average molecular weight is 376 g/mol. The van der Waals surface area contributed by atoms with Crippen molar-refractivity contribution in [3.05, 3.63) is 59.4 Å². The third kappa shape index (κ3) is 3.72. The zero-order valence-electron chi connectivity index (χ0n) is 14.8. The van der Waals surface area contributed by atoms with E-state index in [0.717, 1.165) is 11.8 Å². The number of halogens is 1. The van der Waals surface area contributed by atoms with Crippen LogP contribution in [0, 0.1) is 12.7 Å². The monoisotopic (exact) mass is 376 g/mol. The molecule has 1 saturated heterocycles. The van der Waals surface area contributed by atoms with Crippen LogP contribution in [-0.4, -0.2) is 51.7 Å². The Labute approximate surface area is 153 Å². The van der Waals surface area contributed by atoms with Crippen LogP contribution in [0.4, 0.5) is 10.1 Å². The molecule has 1 aliphatic rings. The highest BCUT2D eigenvalue weighted by Crippen LogP contribution is 2.22. The molecule has 1 heterocycles. The predicted molar refractivity (Wildman–Crippen MR) is 98.8 cm³/mol. The van der Waals surface area contributed by atoms with Crippen LogP contribution in [0.1, 0.15) is 15.9 Å². The van der Waals surface area contributed by atoms with Gasteiger partial charge in [-0.3, -0.25) is 4.79 Å². The lowest BCUT2D eigenvalue weighted by molar-refractivity contribution is 0.0745. The molecule has 0 bridgehead atoms. The second-order valence-corrected chi connectivity index (χ2v) is 8.50. The maximum Gasteiger partial charge on any atom is 0.254 e. The molecular weight excluding hydrogens is 355 g/mol. The molecule has 0 N–H and O–H groups in total. The molecule has 0 aromatic heterocycles. The third-order valence-electron chi connectivity index (χ3n) is 4.63. The number of aryl methyl sites for hydroxylation is 1. The zero-order chi connectivity index (χ0) is 18.9. The molecule has 26 heavy (non-hydrogen) atoms. The van der Waals surface area contributed by atoms with Crippen LogP contribution in [0.3, 0.4) is 0 Å². The van der Waals surface area contributed by atoms with Crippen molar-refractivity contribution in [1.29, 1.82) is 0 Å². The van der Waals surface area contributed by atoms with E-state index in [1.165, 1.54) is 18.2 Å². The van der Waals surface area contributed by atoms with E-state index in [0.29, 0.717) is 37.4 Å². The summed E-state index contributed by atoms with van der Waals surface area (Å²) >= 11 is 0. The second-order valence-electron chi connectivity index (χ2n) is 6.48. The Kier molecular flexibility index (Phi) is 5.00. The molecule has 0 atom stereocenters. The smallest absolute Gasteiger partial charge is 0.254 e. The van der Waals surface area contributed by atoms with E-state index in [4.69, 9.17) is 0 Å². The van der Waals surface area contributed by atoms with Gasteiger partial charge in [0.05, 0.1) is 10.6 Å². The minimum Gasteiger partial charge on any atom is -0.366 e. The number of anilines is 1. The van der Waals surface area contributed by atoms with Crippen LogP contribution in [0.5, 0.6) is 0 Å². The molecule has 138 valence electrons. The van der Waals surface area contributed by atoms with Gasteiger partial charge in [0.1, 0.15) is 5.82 Å². The summed E-state index contributed by atoms with van der Waals surface area (Å²) in [5.74, 6) is -0.467. The number of hydrogen-bond acceptors (Lipinski definition) is 4. The molecular formula is C19H21FN2O3S. The number of sulfone groups is 1. The van der Waals surface area contributed by atoms with E-state index in [9.17, 15) is 17.6 Å². The molecule has 0 spiro atoms. The third-order valence-corrected chi connectivity index (χ3v) is 5.74. The highest BCUT2D eigenvalue weighted by atomic mass is 32.2. The number of para-hydroxylation sites is 1. The zero-order valence-corrected chi connectivity index (χ0v) is 15.6. The van der Waals surface area contributed by atoms with Gasteiger partial charge in [0.15, 0.2) is 9.84 Å². The molecule has 3 rings (SSSR count). The van der Waals surface area contributed by atoms with Gasteiger partial charge in [-0.2, -0.15) is 0 Å². The summed E-state index contributed by atoms with van der Waals surface area (Å²) in [6.07, 6.45) is 1.12. The van der Waals surface area contributed by atoms with Crippen molar-refractivity contribution in [2.75, 3.05) is 37.3 Å². The van der Waals surface area contributed by atoms with Gasteiger partial charge < -0.3 is 9.80 Å². The number of nitrogens with zero attached hydrogens (tertiary/aromatic N) is 2. The fourth-order valence-corrected chi connectivity index (χ4v) is 3.74. The van der Waals surface area contributed by atoms with Gasteiger partial charge in [0.2, 0.25) is 0 Å². The molecule has 1 amide bonds. The Morgan fingerprint density at radius 2 is 1.69 bits per heavy atom. The maximum atomic E-state index is 13.9. The van der Waals surface area contributed by atoms with Gasteiger partial charge in [0, 0.05) is 38.0 Å². The number of benzene rings is 2. The van der Waals surface area contributed by atoms with E-state index in [1.54, 1.807) is 36.1 Å². The molecule has 5 nitrogen and oxygen atoms in total. The Balaban J connectivity index is 1.76. The van der Waals surface area contributed by atoms with Crippen molar-refractivity contribution in [1.82, 2.24) is 4.90 Å². The molecule has 7 heteroatoms. The lowest BCUT2D eigenvalue weighted by Crippen LogP contribution is -2.49. The van der Waals surface area contributed by atoms with E-state index in [2.05, 4.69) is 0 Å². The van der Waals surface area contributed by atoms with Gasteiger partial charge in [-0.1, -0.05) is 18.2 Å². The largest absolute Gasteiger partial charge is 0.366 e. The summed E-state index contributed by atoms with van der Waals surface area (Å²) < 4.78 is 37.4. The molecule has 2 aromatic rings. The number of carbonyl (C=O) groups excluding carboxylic acids is 1. The molecule has 2 aromatic carbocycles. The van der Waals surface area contributed by atoms with E-state index in [1.807, 2.05) is 4.90 Å². The quantitative estimate of drug-likeness (QED) is 0.826. The summed E-state index contributed by atoms with van der Waals surface area (Å²) in [4.78, 5) is 16.6. The van der Waals surface area contributed by atoms with E-state index >= 15 is 0 Å². The van der Waals surface area contributed by atoms with Gasteiger partial charge in [0.25, 0.3) is 5.91 Å². The van der Waals surface area contributed by atoms with E-state index < -0.39 is 9.84 Å². The van der Waals surface area contributed by atoms with Gasteiger partial charge in [-0.15, -0.1) is 0 Å². The average Bonchev–Trinajstić information content (AvgIpc) is 2.61. The number of carbonyl (C=O) groups is 1. The SMILES string of the molecule is Cc1ccc(S(C)(=O)=O)cc1C(=O)N1CCN(c2ccccc2F)CC1. The molecule has 0 unspecified atom stereocenters. The topological polar surface area (TPSA) is 57.7 Å². The minimum absolute atomic E-state index is 0.136. The van der Waals surface area contributed by atoms with Gasteiger partial charge in [-0.05, 0) is 36.8 Å². The van der Waals surface area contributed by atoms with Crippen molar-refractivity contribution < 1.29 is 17.6 Å². The van der Waals surface area contributed by atoms with Crippen molar-refractivity contribution >= 4 is 21.4 Å². The molecule has 0 radical (unpaired) electrons. The van der Waals surface area contributed by atoms with Crippen molar-refractivity contribution in [2.24, 2.45) is 0 Å². The van der Waals surface area contributed by atoms with Crippen LogP contribution in [0.15, 0.2) is 47.4 Å². The highest BCUT2D eigenvalue weighted by Gasteiger charge is 2.25. The van der Waals surface area contributed by atoms with Crippen LogP contribution < -0.4 is 4.90 Å². The number of hydrogen-bond donors (Lipinski definition) is 0. The summed E-state index contributed by atoms with van der Waals surface area (Å²) in [7, 11) is -3.38. The molecule has 1 fully saturated rings. The van der Waals surface area contributed by atoms with Gasteiger partial charge >= 0.3 is 0 Å². The maximum absolute atomic E-state index is 13.9. The number of amides is 1. The van der Waals surface area contributed by atoms with Crippen LogP contribution in [-0.2, 0) is 9.84 Å². The Hall–Kier alpha value is -2.41. The first kappa shape index (κ1) is 18.4. The first-order valence-electron chi connectivity index (χ1n) is 8.37. The lowest BCUT2D eigenvalue weighted by Gasteiger charge is -2.36. The molecule has 0 saturated carbocycles. The Bertz CT molecular complexity index is 936. The minimum atomic E-state index is -3.38. The Morgan fingerprint density at radius 1 is 1.04 bits per heavy atom. The number of rotatable bonds is 3. The first-order valence-corrected chi connectivity index (χ1v) is 10.3. The molecule has 0 aliphatic carbocycles. The molecule has 1 aliphatic heterocycles. The Morgan fingerprint density at radius 3 is 2.31 bits per heavy atom. The van der Waals surface area contributed by atoms with Crippen molar-refractivity contribution in [3.8, 4) is 0 Å². The first-order chi connectivity index (χ1) is 12.3.